The number of carbonyl (C=O) groups is 1. The van der Waals surface area contributed by atoms with Gasteiger partial charge in [0.1, 0.15) is 0 Å². The summed E-state index contributed by atoms with van der Waals surface area (Å²) in [5.74, 6) is -0.277. The van der Waals surface area contributed by atoms with E-state index in [2.05, 4.69) is 10.5 Å². The summed E-state index contributed by atoms with van der Waals surface area (Å²) >= 11 is 11.8. The second kappa shape index (κ2) is 8.67. The van der Waals surface area contributed by atoms with E-state index in [0.29, 0.717) is 22.0 Å². The van der Waals surface area contributed by atoms with Crippen LogP contribution in [-0.2, 0) is 4.79 Å². The van der Waals surface area contributed by atoms with Gasteiger partial charge in [-0.25, -0.2) is 5.43 Å². The van der Waals surface area contributed by atoms with Crippen LogP contribution in [0.5, 0.6) is 0 Å². The molecule has 2 rings (SSSR count). The zero-order chi connectivity index (χ0) is 16.7. The Morgan fingerprint density at radius 1 is 1.22 bits per heavy atom. The largest absolute Gasteiger partial charge is 0.388 e. The molecule has 1 atom stereocenters. The normalized spacial score (nSPS) is 12.3. The Kier molecular flexibility index (Phi) is 6.59. The number of rotatable bonds is 6. The van der Waals surface area contributed by atoms with Gasteiger partial charge >= 0.3 is 0 Å². The number of amides is 1. The third-order valence-corrected chi connectivity index (χ3v) is 3.75. The van der Waals surface area contributed by atoms with Crippen molar-refractivity contribution in [1.82, 2.24) is 5.43 Å². The Balaban J connectivity index is 1.80. The Bertz CT molecular complexity index is 690. The Morgan fingerprint density at radius 3 is 2.65 bits per heavy atom. The Morgan fingerprint density at radius 2 is 1.96 bits per heavy atom. The number of carbonyl (C=O) groups excluding carboxylic acids is 1. The number of nitrogens with zero attached hydrogens (tertiary/aromatic N) is 1. The van der Waals surface area contributed by atoms with Gasteiger partial charge in [-0.3, -0.25) is 4.79 Å². The van der Waals surface area contributed by atoms with E-state index >= 15 is 0 Å². The first-order valence-corrected chi connectivity index (χ1v) is 7.82. The fraction of sp³-hybridized carbons (Fsp3) is 0.176. The number of hydrogen-bond acceptors (Lipinski definition) is 3. The first-order chi connectivity index (χ1) is 11.1. The van der Waals surface area contributed by atoms with Gasteiger partial charge in [0.25, 0.3) is 0 Å². The molecule has 0 aliphatic carbocycles. The molecule has 120 valence electrons. The van der Waals surface area contributed by atoms with Gasteiger partial charge in [-0.2, -0.15) is 5.10 Å². The third kappa shape index (κ3) is 5.67. The molecule has 0 aliphatic rings. The maximum Gasteiger partial charge on any atom is 0.240 e. The van der Waals surface area contributed by atoms with Crippen molar-refractivity contribution >= 4 is 35.3 Å². The summed E-state index contributed by atoms with van der Waals surface area (Å²) in [5.41, 5.74) is 3.85. The van der Waals surface area contributed by atoms with E-state index in [1.807, 2.05) is 30.3 Å². The van der Waals surface area contributed by atoms with Crippen LogP contribution >= 0.6 is 23.2 Å². The molecule has 0 unspecified atom stereocenters. The highest BCUT2D eigenvalue weighted by molar-refractivity contribution is 6.36. The predicted octanol–water partition coefficient (Wildman–Crippen LogP) is 3.96. The van der Waals surface area contributed by atoms with Crippen molar-refractivity contribution < 1.29 is 9.90 Å². The van der Waals surface area contributed by atoms with Crippen molar-refractivity contribution in [2.75, 3.05) is 0 Å². The van der Waals surface area contributed by atoms with Gasteiger partial charge in [-0.05, 0) is 24.1 Å². The minimum atomic E-state index is -0.670. The molecule has 1 amide bonds. The first kappa shape index (κ1) is 17.5. The van der Waals surface area contributed by atoms with E-state index in [0.717, 1.165) is 5.56 Å². The third-order valence-electron chi connectivity index (χ3n) is 3.18. The number of hydrogen-bond donors (Lipinski definition) is 2. The molecule has 0 fully saturated rings. The van der Waals surface area contributed by atoms with Crippen LogP contribution in [0.25, 0.3) is 0 Å². The molecule has 0 bridgehead atoms. The van der Waals surface area contributed by atoms with Crippen LogP contribution in [0.2, 0.25) is 10.0 Å². The van der Waals surface area contributed by atoms with Crippen LogP contribution in [0, 0.1) is 0 Å². The monoisotopic (exact) mass is 350 g/mol. The number of nitrogens with one attached hydrogen (secondary N) is 1. The molecular weight excluding hydrogens is 335 g/mol. The summed E-state index contributed by atoms with van der Waals surface area (Å²) in [5, 5.41) is 14.8. The highest BCUT2D eigenvalue weighted by Gasteiger charge is 2.09. The fourth-order valence-electron chi connectivity index (χ4n) is 1.95. The molecule has 2 aromatic carbocycles. The summed E-state index contributed by atoms with van der Waals surface area (Å²) in [6.07, 6.45) is 1.27. The van der Waals surface area contributed by atoms with Gasteiger partial charge < -0.3 is 5.11 Å². The lowest BCUT2D eigenvalue weighted by atomic mass is 10.1. The second-order valence-corrected chi connectivity index (χ2v) is 5.77. The fourth-order valence-corrected chi connectivity index (χ4v) is 2.40. The molecule has 0 spiro atoms. The van der Waals surface area contributed by atoms with E-state index in [9.17, 15) is 9.90 Å². The molecule has 0 aliphatic heterocycles. The van der Waals surface area contributed by atoms with E-state index in [1.165, 1.54) is 6.21 Å². The van der Waals surface area contributed by atoms with Crippen molar-refractivity contribution in [2.24, 2.45) is 5.10 Å². The standard InChI is InChI=1S/C17H16Cl2N2O2/c18-14-7-6-13(15(19)10-14)11-20-21-17(23)9-8-16(22)12-4-2-1-3-5-12/h1-7,10-11,16,22H,8-9H2,(H,21,23)/b20-11-/t16-/m1/s1. The van der Waals surface area contributed by atoms with Crippen molar-refractivity contribution in [3.05, 3.63) is 69.7 Å². The van der Waals surface area contributed by atoms with Gasteiger partial charge in [-0.15, -0.1) is 0 Å². The van der Waals surface area contributed by atoms with E-state index in [1.54, 1.807) is 18.2 Å². The summed E-state index contributed by atoms with van der Waals surface area (Å²) in [4.78, 5) is 11.7. The summed E-state index contributed by atoms with van der Waals surface area (Å²) in [7, 11) is 0. The zero-order valence-corrected chi connectivity index (χ0v) is 13.8. The van der Waals surface area contributed by atoms with Crippen LogP contribution in [0.3, 0.4) is 0 Å². The highest BCUT2D eigenvalue weighted by atomic mass is 35.5. The molecule has 0 heterocycles. The molecular formula is C17H16Cl2N2O2. The topological polar surface area (TPSA) is 61.7 Å². The first-order valence-electron chi connectivity index (χ1n) is 7.06. The van der Waals surface area contributed by atoms with Crippen LogP contribution in [0.1, 0.15) is 30.1 Å². The van der Waals surface area contributed by atoms with Crippen LogP contribution in [0.15, 0.2) is 53.6 Å². The van der Waals surface area contributed by atoms with Crippen molar-refractivity contribution in [2.45, 2.75) is 18.9 Å². The molecule has 23 heavy (non-hydrogen) atoms. The van der Waals surface area contributed by atoms with Crippen molar-refractivity contribution in [1.29, 1.82) is 0 Å². The van der Waals surface area contributed by atoms with Crippen molar-refractivity contribution in [3.8, 4) is 0 Å². The number of benzene rings is 2. The molecule has 0 radical (unpaired) electrons. The minimum absolute atomic E-state index is 0.168. The number of hydrazone groups is 1. The van der Waals surface area contributed by atoms with E-state index < -0.39 is 6.10 Å². The summed E-state index contributed by atoms with van der Waals surface area (Å²) < 4.78 is 0. The summed E-state index contributed by atoms with van der Waals surface area (Å²) in [6.45, 7) is 0. The van der Waals surface area contributed by atoms with E-state index in [4.69, 9.17) is 23.2 Å². The number of halogens is 2. The maximum atomic E-state index is 11.7. The molecule has 2 aromatic rings. The Labute approximate surface area is 144 Å². The smallest absolute Gasteiger partial charge is 0.240 e. The molecule has 0 aromatic heterocycles. The molecule has 6 heteroatoms. The summed E-state index contributed by atoms with van der Waals surface area (Å²) in [6, 6.07) is 14.2. The average molecular weight is 351 g/mol. The quantitative estimate of drug-likeness (QED) is 0.611. The van der Waals surface area contributed by atoms with Gasteiger partial charge in [0.15, 0.2) is 0 Å². The SMILES string of the molecule is O=C(CC[C@@H](O)c1ccccc1)N/N=C\c1ccc(Cl)cc1Cl. The molecule has 2 N–H and O–H groups in total. The highest BCUT2D eigenvalue weighted by Crippen LogP contribution is 2.19. The average Bonchev–Trinajstić information content (AvgIpc) is 2.55. The second-order valence-electron chi connectivity index (χ2n) is 4.92. The lowest BCUT2D eigenvalue weighted by Gasteiger charge is -2.09. The van der Waals surface area contributed by atoms with Crippen LogP contribution in [-0.4, -0.2) is 17.2 Å². The maximum absolute atomic E-state index is 11.7. The van der Waals surface area contributed by atoms with Gasteiger partial charge in [-0.1, -0.05) is 59.6 Å². The Hall–Kier alpha value is -1.88. The van der Waals surface area contributed by atoms with Crippen LogP contribution in [0.4, 0.5) is 0 Å². The zero-order valence-electron chi connectivity index (χ0n) is 12.2. The number of aliphatic hydroxyl groups is 1. The van der Waals surface area contributed by atoms with Crippen LogP contribution < -0.4 is 5.43 Å². The number of aliphatic hydroxyl groups excluding tert-OH is 1. The molecule has 4 nitrogen and oxygen atoms in total. The van der Waals surface area contributed by atoms with Gasteiger partial charge in [0.2, 0.25) is 5.91 Å². The van der Waals surface area contributed by atoms with E-state index in [-0.39, 0.29) is 12.3 Å². The lowest BCUT2D eigenvalue weighted by Crippen LogP contribution is -2.18. The van der Waals surface area contributed by atoms with Gasteiger partial charge in [0, 0.05) is 17.0 Å². The minimum Gasteiger partial charge on any atom is -0.388 e. The van der Waals surface area contributed by atoms with Crippen molar-refractivity contribution in [3.63, 3.8) is 0 Å². The lowest BCUT2D eigenvalue weighted by molar-refractivity contribution is -0.121. The van der Waals surface area contributed by atoms with Gasteiger partial charge in [0.05, 0.1) is 17.3 Å². The molecule has 0 saturated heterocycles. The molecule has 0 saturated carbocycles. The predicted molar refractivity (Wildman–Crippen MR) is 92.8 cm³/mol.